The fourth-order valence-corrected chi connectivity index (χ4v) is 3.87. The summed E-state index contributed by atoms with van der Waals surface area (Å²) < 4.78 is 17.6. The second-order valence-electron chi connectivity index (χ2n) is 4.03. The molecule has 0 radical (unpaired) electrons. The molecule has 3 heteroatoms. The summed E-state index contributed by atoms with van der Waals surface area (Å²) in [6, 6.07) is 0. The van der Waals surface area contributed by atoms with Gasteiger partial charge in [0.05, 0.1) is 6.61 Å². The van der Waals surface area contributed by atoms with E-state index in [4.69, 9.17) is 4.52 Å². The summed E-state index contributed by atoms with van der Waals surface area (Å²) in [4.78, 5) is 0. The van der Waals surface area contributed by atoms with E-state index in [0.717, 1.165) is 25.7 Å². The molecule has 1 rings (SSSR count). The highest BCUT2D eigenvalue weighted by Gasteiger charge is 2.31. The first-order valence-electron chi connectivity index (χ1n) is 5.38. The van der Waals surface area contributed by atoms with Gasteiger partial charge in [-0.3, -0.25) is 4.57 Å². The van der Waals surface area contributed by atoms with Crippen LogP contribution in [0.2, 0.25) is 0 Å². The molecule has 0 saturated heterocycles. The van der Waals surface area contributed by atoms with Gasteiger partial charge in [-0.25, -0.2) is 0 Å². The van der Waals surface area contributed by atoms with E-state index in [2.05, 4.69) is 6.92 Å². The maximum Gasteiger partial charge on any atom is 0.203 e. The molecule has 0 heterocycles. The van der Waals surface area contributed by atoms with Crippen LogP contribution in [0.25, 0.3) is 0 Å². The van der Waals surface area contributed by atoms with Gasteiger partial charge >= 0.3 is 0 Å². The van der Waals surface area contributed by atoms with Gasteiger partial charge in [0.1, 0.15) is 0 Å². The summed E-state index contributed by atoms with van der Waals surface area (Å²) in [6.07, 6.45) is 6.84. The van der Waals surface area contributed by atoms with Crippen molar-refractivity contribution in [1.29, 1.82) is 0 Å². The lowest BCUT2D eigenvalue weighted by Crippen LogP contribution is -2.05. The van der Waals surface area contributed by atoms with E-state index >= 15 is 0 Å². The summed E-state index contributed by atoms with van der Waals surface area (Å²) in [5.41, 5.74) is 0.365. The van der Waals surface area contributed by atoms with Crippen molar-refractivity contribution in [3.05, 3.63) is 0 Å². The van der Waals surface area contributed by atoms with Gasteiger partial charge in [0.25, 0.3) is 0 Å². The second-order valence-corrected chi connectivity index (χ2v) is 6.84. The molecule has 1 unspecified atom stereocenters. The molecule has 0 aromatic rings. The molecule has 0 amide bonds. The maximum atomic E-state index is 12.1. The van der Waals surface area contributed by atoms with Crippen LogP contribution >= 0.6 is 7.37 Å². The van der Waals surface area contributed by atoms with Crippen LogP contribution in [-0.2, 0) is 9.09 Å². The Kier molecular flexibility index (Phi) is 4.48. The summed E-state index contributed by atoms with van der Waals surface area (Å²) in [5, 5.41) is 0. The third-order valence-corrected chi connectivity index (χ3v) is 5.37. The monoisotopic (exact) mass is 204 g/mol. The fraction of sp³-hybridized carbons (Fsp3) is 1.00. The SMILES string of the molecule is CCCCOP(C)(=O)C1CCCC1. The highest BCUT2D eigenvalue weighted by atomic mass is 31.2. The Morgan fingerprint density at radius 2 is 2.00 bits per heavy atom. The van der Waals surface area contributed by atoms with Crippen LogP contribution in [0, 0.1) is 0 Å². The van der Waals surface area contributed by atoms with Gasteiger partial charge in [-0.05, 0) is 19.3 Å². The number of hydrogen-bond acceptors (Lipinski definition) is 2. The smallest absolute Gasteiger partial charge is 0.203 e. The molecule has 1 fully saturated rings. The van der Waals surface area contributed by atoms with E-state index in [-0.39, 0.29) is 0 Å². The quantitative estimate of drug-likeness (QED) is 0.504. The molecule has 78 valence electrons. The molecule has 13 heavy (non-hydrogen) atoms. The molecule has 1 atom stereocenters. The molecule has 0 N–H and O–H groups in total. The zero-order chi connectivity index (χ0) is 9.73. The van der Waals surface area contributed by atoms with E-state index < -0.39 is 7.37 Å². The Hall–Kier alpha value is 0.190. The van der Waals surface area contributed by atoms with Crippen LogP contribution in [0.3, 0.4) is 0 Å². The van der Waals surface area contributed by atoms with Crippen LogP contribution in [0.1, 0.15) is 45.4 Å². The minimum Gasteiger partial charge on any atom is -0.328 e. The lowest BCUT2D eigenvalue weighted by molar-refractivity contribution is 0.303. The van der Waals surface area contributed by atoms with Gasteiger partial charge in [-0.1, -0.05) is 26.2 Å². The molecule has 0 aliphatic heterocycles. The number of unbranched alkanes of at least 4 members (excludes halogenated alkanes) is 1. The Balaban J connectivity index is 2.31. The normalized spacial score (nSPS) is 23.2. The molecule has 2 nitrogen and oxygen atoms in total. The highest BCUT2D eigenvalue weighted by molar-refractivity contribution is 7.58. The Labute approximate surface area is 81.5 Å². The molecule has 1 saturated carbocycles. The molecule has 1 aliphatic rings. The van der Waals surface area contributed by atoms with Crippen molar-refractivity contribution in [3.63, 3.8) is 0 Å². The van der Waals surface area contributed by atoms with Gasteiger partial charge in [0, 0.05) is 12.3 Å². The Morgan fingerprint density at radius 1 is 1.38 bits per heavy atom. The van der Waals surface area contributed by atoms with Crippen molar-refractivity contribution in [1.82, 2.24) is 0 Å². The van der Waals surface area contributed by atoms with E-state index in [1.165, 1.54) is 12.8 Å². The second kappa shape index (κ2) is 5.17. The Morgan fingerprint density at radius 3 is 2.54 bits per heavy atom. The van der Waals surface area contributed by atoms with Crippen LogP contribution in [0.5, 0.6) is 0 Å². The third kappa shape index (κ3) is 3.44. The van der Waals surface area contributed by atoms with Crippen molar-refractivity contribution in [3.8, 4) is 0 Å². The standard InChI is InChI=1S/C10H21O2P/c1-3-4-9-12-13(2,11)10-7-5-6-8-10/h10H,3-9H2,1-2H3. The first kappa shape index (κ1) is 11.3. The van der Waals surface area contributed by atoms with Gasteiger partial charge in [-0.2, -0.15) is 0 Å². The highest BCUT2D eigenvalue weighted by Crippen LogP contribution is 2.54. The average Bonchev–Trinajstić information content (AvgIpc) is 2.56. The minimum absolute atomic E-state index is 0.365. The predicted molar refractivity (Wildman–Crippen MR) is 56.6 cm³/mol. The van der Waals surface area contributed by atoms with Gasteiger partial charge < -0.3 is 4.52 Å². The lowest BCUT2D eigenvalue weighted by Gasteiger charge is -2.19. The summed E-state index contributed by atoms with van der Waals surface area (Å²) in [5.74, 6) is 0. The van der Waals surface area contributed by atoms with Crippen LogP contribution in [-0.4, -0.2) is 18.9 Å². The molecule has 0 aromatic carbocycles. The molecule has 0 aromatic heterocycles. The molecule has 0 spiro atoms. The number of rotatable bonds is 5. The summed E-state index contributed by atoms with van der Waals surface area (Å²) in [7, 11) is -2.27. The lowest BCUT2D eigenvalue weighted by atomic mass is 10.4. The largest absolute Gasteiger partial charge is 0.328 e. The van der Waals surface area contributed by atoms with Crippen LogP contribution < -0.4 is 0 Å². The average molecular weight is 204 g/mol. The molecular formula is C10H21O2P. The topological polar surface area (TPSA) is 26.3 Å². The summed E-state index contributed by atoms with van der Waals surface area (Å²) in [6.45, 7) is 4.62. The van der Waals surface area contributed by atoms with Gasteiger partial charge in [0.15, 0.2) is 0 Å². The molecular weight excluding hydrogens is 183 g/mol. The Bertz CT molecular complexity index is 185. The van der Waals surface area contributed by atoms with Crippen molar-refractivity contribution in [2.24, 2.45) is 0 Å². The van der Waals surface area contributed by atoms with E-state index in [1.54, 1.807) is 0 Å². The van der Waals surface area contributed by atoms with Crippen molar-refractivity contribution < 1.29 is 9.09 Å². The fourth-order valence-electron chi connectivity index (χ4n) is 1.87. The third-order valence-electron chi connectivity index (χ3n) is 2.83. The summed E-state index contributed by atoms with van der Waals surface area (Å²) >= 11 is 0. The maximum absolute atomic E-state index is 12.1. The van der Waals surface area contributed by atoms with Crippen LogP contribution in [0.4, 0.5) is 0 Å². The predicted octanol–water partition coefficient (Wildman–Crippen LogP) is 3.65. The van der Waals surface area contributed by atoms with Crippen molar-refractivity contribution >= 4 is 7.37 Å². The molecule has 0 bridgehead atoms. The number of hydrogen-bond donors (Lipinski definition) is 0. The van der Waals surface area contributed by atoms with Crippen LogP contribution in [0.15, 0.2) is 0 Å². The first-order valence-corrected chi connectivity index (χ1v) is 7.52. The van der Waals surface area contributed by atoms with Gasteiger partial charge in [-0.15, -0.1) is 0 Å². The zero-order valence-corrected chi connectivity index (χ0v) is 9.69. The van der Waals surface area contributed by atoms with Crippen molar-refractivity contribution in [2.45, 2.75) is 51.1 Å². The molecule has 1 aliphatic carbocycles. The van der Waals surface area contributed by atoms with E-state index in [1.807, 2.05) is 6.66 Å². The van der Waals surface area contributed by atoms with Gasteiger partial charge in [0.2, 0.25) is 7.37 Å². The first-order chi connectivity index (χ1) is 6.17. The van der Waals surface area contributed by atoms with Crippen molar-refractivity contribution in [2.75, 3.05) is 13.3 Å². The van der Waals surface area contributed by atoms with E-state index in [9.17, 15) is 4.57 Å². The van der Waals surface area contributed by atoms with E-state index in [0.29, 0.717) is 12.3 Å². The minimum atomic E-state index is -2.27. The zero-order valence-electron chi connectivity index (χ0n) is 8.79.